The van der Waals surface area contributed by atoms with Crippen molar-refractivity contribution in [2.45, 2.75) is 31.2 Å². The molecule has 0 unspecified atom stereocenters. The molecule has 7 heteroatoms. The first kappa shape index (κ1) is 15.8. The molecule has 0 saturated carbocycles. The third kappa shape index (κ3) is 4.02. The summed E-state index contributed by atoms with van der Waals surface area (Å²) in [6.07, 6.45) is 10.5. The molecule has 1 aliphatic rings. The lowest BCUT2D eigenvalue weighted by Gasteiger charge is -2.28. The van der Waals surface area contributed by atoms with E-state index >= 15 is 0 Å². The van der Waals surface area contributed by atoms with Crippen LogP contribution in [0.25, 0.3) is 0 Å². The molecule has 3 heterocycles. The van der Waals surface area contributed by atoms with Crippen molar-refractivity contribution in [1.82, 2.24) is 19.7 Å². The topological polar surface area (TPSA) is 46.0 Å². The molecule has 0 atom stereocenters. The van der Waals surface area contributed by atoms with Crippen LogP contribution < -0.4 is 5.32 Å². The van der Waals surface area contributed by atoms with Gasteiger partial charge in [0.15, 0.2) is 0 Å². The highest BCUT2D eigenvalue weighted by Gasteiger charge is 2.18. The van der Waals surface area contributed by atoms with Crippen molar-refractivity contribution in [3.63, 3.8) is 0 Å². The Kier molecular flexibility index (Phi) is 5.38. The molecular formula is C15H23N5S2. The Bertz CT molecular complexity index is 586. The number of hydrogen-bond donors (Lipinski definition) is 1. The van der Waals surface area contributed by atoms with Crippen LogP contribution in [0.2, 0.25) is 0 Å². The summed E-state index contributed by atoms with van der Waals surface area (Å²) in [5, 5.41) is 9.09. The minimum Gasteiger partial charge on any atom is -0.376 e. The van der Waals surface area contributed by atoms with Crippen molar-refractivity contribution >= 4 is 28.8 Å². The SMILES string of the molecule is CSCc1cnc(CNc2cnn(C3CCN(C)CC3)c2)s1. The Labute approximate surface area is 140 Å². The lowest BCUT2D eigenvalue weighted by molar-refractivity contribution is 0.212. The van der Waals surface area contributed by atoms with Crippen LogP contribution in [-0.4, -0.2) is 46.1 Å². The van der Waals surface area contributed by atoms with Crippen LogP contribution in [0.5, 0.6) is 0 Å². The Morgan fingerprint density at radius 1 is 1.36 bits per heavy atom. The van der Waals surface area contributed by atoms with Crippen molar-refractivity contribution in [2.75, 3.05) is 31.7 Å². The van der Waals surface area contributed by atoms with E-state index in [1.807, 2.05) is 24.2 Å². The summed E-state index contributed by atoms with van der Waals surface area (Å²) in [5.41, 5.74) is 1.08. The van der Waals surface area contributed by atoms with E-state index in [1.165, 1.54) is 17.7 Å². The number of rotatable bonds is 6. The molecule has 0 aromatic carbocycles. The van der Waals surface area contributed by atoms with E-state index < -0.39 is 0 Å². The van der Waals surface area contributed by atoms with Crippen LogP contribution >= 0.6 is 23.1 Å². The Balaban J connectivity index is 1.53. The average Bonchev–Trinajstić information content (AvgIpc) is 3.16. The number of anilines is 1. The fourth-order valence-corrected chi connectivity index (χ4v) is 4.31. The number of likely N-dealkylation sites (tertiary alicyclic amines) is 1. The zero-order valence-electron chi connectivity index (χ0n) is 13.2. The predicted octanol–water partition coefficient (Wildman–Crippen LogP) is 3.08. The standard InChI is InChI=1S/C15H23N5S2/c1-19-5-3-13(4-6-19)20-10-12(7-18-20)16-9-15-17-8-14(22-15)11-21-2/h7-8,10,13,16H,3-6,9,11H2,1-2H3. The van der Waals surface area contributed by atoms with Crippen LogP contribution in [0.15, 0.2) is 18.6 Å². The van der Waals surface area contributed by atoms with E-state index in [1.54, 1.807) is 11.3 Å². The molecule has 1 fully saturated rings. The van der Waals surface area contributed by atoms with Crippen molar-refractivity contribution in [2.24, 2.45) is 0 Å². The monoisotopic (exact) mass is 337 g/mol. The number of hydrogen-bond acceptors (Lipinski definition) is 6. The summed E-state index contributed by atoms with van der Waals surface area (Å²) in [5.74, 6) is 1.05. The normalized spacial score (nSPS) is 17.0. The second-order valence-electron chi connectivity index (χ2n) is 5.75. The van der Waals surface area contributed by atoms with E-state index in [0.717, 1.165) is 36.1 Å². The quantitative estimate of drug-likeness (QED) is 0.878. The highest BCUT2D eigenvalue weighted by molar-refractivity contribution is 7.97. The lowest BCUT2D eigenvalue weighted by Crippen LogP contribution is -2.31. The van der Waals surface area contributed by atoms with Crippen LogP contribution in [0.4, 0.5) is 5.69 Å². The molecule has 2 aromatic rings. The van der Waals surface area contributed by atoms with E-state index in [4.69, 9.17) is 0 Å². The van der Waals surface area contributed by atoms with Gasteiger partial charge >= 0.3 is 0 Å². The number of piperidine rings is 1. The largest absolute Gasteiger partial charge is 0.376 e. The summed E-state index contributed by atoms with van der Waals surface area (Å²) in [4.78, 5) is 8.19. The fourth-order valence-electron chi connectivity index (χ4n) is 2.70. The summed E-state index contributed by atoms with van der Waals surface area (Å²) < 4.78 is 2.12. The molecule has 0 aliphatic carbocycles. The Hall–Kier alpha value is -1.05. The molecule has 22 heavy (non-hydrogen) atoms. The second kappa shape index (κ2) is 7.48. The molecule has 120 valence electrons. The number of nitrogens with zero attached hydrogens (tertiary/aromatic N) is 4. The maximum atomic E-state index is 4.53. The number of aromatic nitrogens is 3. The van der Waals surface area contributed by atoms with Gasteiger partial charge in [-0.25, -0.2) is 4.98 Å². The van der Waals surface area contributed by atoms with Crippen LogP contribution in [0, 0.1) is 0 Å². The Morgan fingerprint density at radius 2 is 2.18 bits per heavy atom. The zero-order valence-corrected chi connectivity index (χ0v) is 14.8. The third-order valence-electron chi connectivity index (χ3n) is 4.00. The zero-order chi connectivity index (χ0) is 15.4. The lowest BCUT2D eigenvalue weighted by atomic mass is 10.1. The fraction of sp³-hybridized carbons (Fsp3) is 0.600. The van der Waals surface area contributed by atoms with Crippen LogP contribution in [0.3, 0.4) is 0 Å². The van der Waals surface area contributed by atoms with Gasteiger partial charge in [-0.15, -0.1) is 11.3 Å². The van der Waals surface area contributed by atoms with E-state index in [-0.39, 0.29) is 0 Å². The summed E-state index contributed by atoms with van der Waals surface area (Å²) in [7, 11) is 2.19. The van der Waals surface area contributed by atoms with Gasteiger partial charge < -0.3 is 10.2 Å². The van der Waals surface area contributed by atoms with Crippen molar-refractivity contribution in [1.29, 1.82) is 0 Å². The first-order chi connectivity index (χ1) is 10.7. The van der Waals surface area contributed by atoms with Crippen molar-refractivity contribution in [3.05, 3.63) is 28.5 Å². The molecular weight excluding hydrogens is 314 g/mol. The minimum absolute atomic E-state index is 0.541. The van der Waals surface area contributed by atoms with Gasteiger partial charge in [-0.05, 0) is 39.2 Å². The van der Waals surface area contributed by atoms with Crippen molar-refractivity contribution < 1.29 is 0 Å². The van der Waals surface area contributed by atoms with Gasteiger partial charge in [0.05, 0.1) is 24.5 Å². The maximum Gasteiger partial charge on any atom is 0.112 e. The molecule has 1 saturated heterocycles. The third-order valence-corrected chi connectivity index (χ3v) is 5.78. The second-order valence-corrected chi connectivity index (χ2v) is 7.82. The Morgan fingerprint density at radius 3 is 2.95 bits per heavy atom. The smallest absolute Gasteiger partial charge is 0.112 e. The van der Waals surface area contributed by atoms with E-state index in [2.05, 4.69) is 44.5 Å². The van der Waals surface area contributed by atoms with E-state index in [0.29, 0.717) is 6.04 Å². The summed E-state index contributed by atoms with van der Waals surface area (Å²) >= 11 is 3.62. The number of thioether (sulfide) groups is 1. The molecule has 0 bridgehead atoms. The molecule has 0 amide bonds. The van der Waals surface area contributed by atoms with Crippen LogP contribution in [0.1, 0.15) is 28.8 Å². The predicted molar refractivity (Wildman–Crippen MR) is 94.7 cm³/mol. The molecule has 1 N–H and O–H groups in total. The van der Waals surface area contributed by atoms with Gasteiger partial charge in [0.25, 0.3) is 0 Å². The highest BCUT2D eigenvalue weighted by atomic mass is 32.2. The molecule has 2 aromatic heterocycles. The minimum atomic E-state index is 0.541. The van der Waals surface area contributed by atoms with Crippen LogP contribution in [-0.2, 0) is 12.3 Å². The average molecular weight is 338 g/mol. The number of thiazole rings is 1. The highest BCUT2D eigenvalue weighted by Crippen LogP contribution is 2.23. The molecule has 3 rings (SSSR count). The van der Waals surface area contributed by atoms with Gasteiger partial charge in [-0.1, -0.05) is 0 Å². The molecule has 5 nitrogen and oxygen atoms in total. The van der Waals surface area contributed by atoms with Gasteiger partial charge in [0.1, 0.15) is 5.01 Å². The van der Waals surface area contributed by atoms with Gasteiger partial charge in [-0.3, -0.25) is 4.68 Å². The van der Waals surface area contributed by atoms with Crippen molar-refractivity contribution in [3.8, 4) is 0 Å². The summed E-state index contributed by atoms with van der Waals surface area (Å²) in [6.45, 7) is 3.09. The first-order valence-electron chi connectivity index (χ1n) is 7.63. The van der Waals surface area contributed by atoms with Gasteiger partial charge in [0.2, 0.25) is 0 Å². The first-order valence-corrected chi connectivity index (χ1v) is 9.84. The number of nitrogens with one attached hydrogen (secondary N) is 1. The summed E-state index contributed by atoms with van der Waals surface area (Å²) in [6, 6.07) is 0.541. The van der Waals surface area contributed by atoms with Gasteiger partial charge in [0, 0.05) is 23.0 Å². The molecule has 0 radical (unpaired) electrons. The van der Waals surface area contributed by atoms with Gasteiger partial charge in [-0.2, -0.15) is 16.9 Å². The maximum absolute atomic E-state index is 4.53. The molecule has 0 spiro atoms. The molecule has 1 aliphatic heterocycles. The van der Waals surface area contributed by atoms with E-state index in [9.17, 15) is 0 Å².